The van der Waals surface area contributed by atoms with Crippen LogP contribution in [0.15, 0.2) is 0 Å². The van der Waals surface area contributed by atoms with Crippen LogP contribution in [0.25, 0.3) is 0 Å². The van der Waals surface area contributed by atoms with Gasteiger partial charge >= 0.3 is 171 Å². The van der Waals surface area contributed by atoms with Gasteiger partial charge in [-0.2, -0.15) is 0 Å². The number of hydrogen-bond donors (Lipinski definition) is 0. The van der Waals surface area contributed by atoms with E-state index in [0.29, 0.717) is 0 Å². The average molecular weight is 459 g/mol. The van der Waals surface area contributed by atoms with Gasteiger partial charge in [-0.15, -0.1) is 0 Å². The fourth-order valence-corrected chi connectivity index (χ4v) is 7.02. The first kappa shape index (κ1) is 25.7. The van der Waals surface area contributed by atoms with Crippen molar-refractivity contribution in [2.45, 2.75) is 106 Å². The predicted octanol–water partition coefficient (Wildman–Crippen LogP) is 5.96. The first-order valence-electron chi connectivity index (χ1n) is 11.0. The van der Waals surface area contributed by atoms with E-state index in [1.807, 2.05) is 0 Å². The Morgan fingerprint density at radius 1 is 0.680 bits per heavy atom. The normalized spacial score (nSPS) is 14.6. The summed E-state index contributed by atoms with van der Waals surface area (Å²) in [5.74, 6) is 0.932. The van der Waals surface area contributed by atoms with E-state index in [1.165, 1.54) is 64.2 Å². The standard InChI is InChI=1S/C15H32N.C7H16N.Sn/c1-6-9-12-14(13-10-7-2)15(11-8-3)16(4)5;1-5-6-7(2)8(3)4;/h14-15H,3,6-13H2,1-2,4-5H3;7H,1,5-6H2,2-4H3;. The van der Waals surface area contributed by atoms with Crippen molar-refractivity contribution in [3.63, 3.8) is 0 Å². The van der Waals surface area contributed by atoms with E-state index in [9.17, 15) is 0 Å². The monoisotopic (exact) mass is 460 g/mol. The summed E-state index contributed by atoms with van der Waals surface area (Å²) in [5.41, 5.74) is 0. The van der Waals surface area contributed by atoms with Crippen LogP contribution >= 0.6 is 0 Å². The Bertz CT molecular complexity index is 273. The van der Waals surface area contributed by atoms with Crippen LogP contribution in [0.3, 0.4) is 0 Å². The Morgan fingerprint density at radius 2 is 1.20 bits per heavy atom. The van der Waals surface area contributed by atoms with Crippen LogP contribution in [-0.4, -0.2) is 71.2 Å². The van der Waals surface area contributed by atoms with Crippen molar-refractivity contribution in [3.05, 3.63) is 0 Å². The second-order valence-corrected chi connectivity index (χ2v) is 12.7. The minimum absolute atomic E-state index is 0.0955. The van der Waals surface area contributed by atoms with Crippen molar-refractivity contribution in [2.75, 3.05) is 28.2 Å². The zero-order valence-electron chi connectivity index (χ0n) is 18.6. The molecule has 0 aromatic rings. The van der Waals surface area contributed by atoms with E-state index >= 15 is 0 Å². The fraction of sp³-hybridized carbons (Fsp3) is 1.00. The summed E-state index contributed by atoms with van der Waals surface area (Å²) in [7, 11) is 9.05. The van der Waals surface area contributed by atoms with Gasteiger partial charge in [0.1, 0.15) is 0 Å². The number of nitrogens with zero attached hydrogens (tertiary/aromatic N) is 2. The molecule has 0 N–H and O–H groups in total. The van der Waals surface area contributed by atoms with Crippen LogP contribution in [0.4, 0.5) is 0 Å². The van der Waals surface area contributed by atoms with Crippen LogP contribution in [-0.2, 0) is 0 Å². The average Bonchev–Trinajstić information content (AvgIpc) is 2.57. The van der Waals surface area contributed by atoms with Gasteiger partial charge in [0.2, 0.25) is 0 Å². The zero-order valence-corrected chi connectivity index (χ0v) is 21.5. The maximum absolute atomic E-state index is 2.54. The molecule has 2 unspecified atom stereocenters. The summed E-state index contributed by atoms with van der Waals surface area (Å²) < 4.78 is 3.18. The van der Waals surface area contributed by atoms with E-state index in [-0.39, 0.29) is 21.1 Å². The fourth-order valence-electron chi connectivity index (χ4n) is 3.72. The van der Waals surface area contributed by atoms with Gasteiger partial charge in [0.05, 0.1) is 0 Å². The summed E-state index contributed by atoms with van der Waals surface area (Å²) in [6.07, 6.45) is 14.2. The van der Waals surface area contributed by atoms with Crippen molar-refractivity contribution >= 4 is 21.1 Å². The molecule has 0 bridgehead atoms. The summed E-state index contributed by atoms with van der Waals surface area (Å²) in [4.78, 5) is 4.90. The van der Waals surface area contributed by atoms with E-state index in [0.717, 1.165) is 18.0 Å². The molecule has 0 saturated carbocycles. The molecule has 0 heterocycles. The van der Waals surface area contributed by atoms with Crippen molar-refractivity contribution in [1.29, 1.82) is 0 Å². The van der Waals surface area contributed by atoms with Crippen LogP contribution in [0.2, 0.25) is 8.87 Å². The van der Waals surface area contributed by atoms with Crippen LogP contribution in [0.5, 0.6) is 0 Å². The van der Waals surface area contributed by atoms with Gasteiger partial charge in [0, 0.05) is 0 Å². The van der Waals surface area contributed by atoms with Gasteiger partial charge < -0.3 is 0 Å². The van der Waals surface area contributed by atoms with Crippen LogP contribution in [0.1, 0.15) is 85.0 Å². The second kappa shape index (κ2) is 16.9. The Hall–Kier alpha value is 0.719. The number of rotatable bonds is 17. The van der Waals surface area contributed by atoms with Gasteiger partial charge in [0.25, 0.3) is 0 Å². The molecule has 0 fully saturated rings. The summed E-state index contributed by atoms with van der Waals surface area (Å²) >= 11 is -0.0955. The van der Waals surface area contributed by atoms with Gasteiger partial charge in [-0.1, -0.05) is 0 Å². The van der Waals surface area contributed by atoms with Gasteiger partial charge in [-0.3, -0.25) is 0 Å². The molecule has 150 valence electrons. The maximum atomic E-state index is 2.54. The van der Waals surface area contributed by atoms with Gasteiger partial charge in [-0.25, -0.2) is 0 Å². The molecule has 2 radical (unpaired) electrons. The van der Waals surface area contributed by atoms with Crippen molar-refractivity contribution in [3.8, 4) is 0 Å². The van der Waals surface area contributed by atoms with Crippen molar-refractivity contribution in [1.82, 2.24) is 9.80 Å². The Morgan fingerprint density at radius 3 is 1.64 bits per heavy atom. The molecule has 25 heavy (non-hydrogen) atoms. The molecular formula is C22H48N2Sn. The molecule has 0 aromatic carbocycles. The molecule has 0 aliphatic rings. The first-order chi connectivity index (χ1) is 11.9. The topological polar surface area (TPSA) is 6.48 Å². The zero-order chi connectivity index (χ0) is 19.1. The first-order valence-corrected chi connectivity index (χ1v) is 15.0. The summed E-state index contributed by atoms with van der Waals surface area (Å²) in [6, 6.07) is 1.58. The van der Waals surface area contributed by atoms with E-state index in [4.69, 9.17) is 0 Å². The molecule has 0 amide bonds. The molecule has 3 heteroatoms. The SMILES string of the molecule is CCCCC(CCCC)C(CC[CH2][Sn][CH2]CCC(C)N(C)C)N(C)C. The minimum atomic E-state index is -0.0955. The molecule has 2 atom stereocenters. The van der Waals surface area contributed by atoms with Crippen molar-refractivity contribution < 1.29 is 0 Å². The third-order valence-corrected chi connectivity index (χ3v) is 9.81. The molecule has 0 spiro atoms. The Balaban J connectivity index is 4.07. The predicted molar refractivity (Wildman–Crippen MR) is 117 cm³/mol. The van der Waals surface area contributed by atoms with Crippen LogP contribution < -0.4 is 0 Å². The Labute approximate surface area is 170 Å². The Kier molecular flexibility index (Phi) is 17.3. The number of hydrogen-bond acceptors (Lipinski definition) is 2. The molecule has 0 aliphatic heterocycles. The molecule has 0 aromatic heterocycles. The summed E-state index contributed by atoms with van der Waals surface area (Å²) in [6.45, 7) is 7.04. The van der Waals surface area contributed by atoms with Crippen molar-refractivity contribution in [2.24, 2.45) is 5.92 Å². The van der Waals surface area contributed by atoms with Crippen LogP contribution in [0, 0.1) is 5.92 Å². The molecule has 0 saturated heterocycles. The van der Waals surface area contributed by atoms with E-state index < -0.39 is 0 Å². The van der Waals surface area contributed by atoms with Gasteiger partial charge in [0.15, 0.2) is 0 Å². The number of unbranched alkanes of at least 4 members (excludes halogenated alkanes) is 2. The second-order valence-electron chi connectivity index (χ2n) is 8.42. The van der Waals surface area contributed by atoms with Gasteiger partial charge in [-0.05, 0) is 0 Å². The van der Waals surface area contributed by atoms with E-state index in [2.05, 4.69) is 58.8 Å². The quantitative estimate of drug-likeness (QED) is 0.196. The molecule has 2 nitrogen and oxygen atoms in total. The molecule has 0 rings (SSSR count). The molecular weight excluding hydrogens is 411 g/mol. The molecule has 0 aliphatic carbocycles. The summed E-state index contributed by atoms with van der Waals surface area (Å²) in [5, 5.41) is 0. The third-order valence-electron chi connectivity index (χ3n) is 5.77. The third kappa shape index (κ3) is 13.5. The van der Waals surface area contributed by atoms with E-state index in [1.54, 1.807) is 8.87 Å².